The molecule has 1 amide bonds. The quantitative estimate of drug-likeness (QED) is 0.918. The second-order valence-electron chi connectivity index (χ2n) is 5.58. The van der Waals surface area contributed by atoms with Gasteiger partial charge in [0.2, 0.25) is 5.91 Å². The van der Waals surface area contributed by atoms with Gasteiger partial charge in [0.05, 0.1) is 5.92 Å². The van der Waals surface area contributed by atoms with Gasteiger partial charge in [-0.2, -0.15) is 0 Å². The van der Waals surface area contributed by atoms with Gasteiger partial charge < -0.3 is 10.0 Å². The third-order valence-corrected chi connectivity index (χ3v) is 4.01. The standard InChI is InChI=1S/C16H21NO3/c1-17(11-12-6-3-2-4-7-12)15(18)13-8-5-9-14(10-13)16(19)20/h2-4,6-7,13-14H,5,8-11H2,1H3,(H,19,20)/t13-,14-/m0/s1. The Balaban J connectivity index is 1.94. The summed E-state index contributed by atoms with van der Waals surface area (Å²) in [4.78, 5) is 25.2. The van der Waals surface area contributed by atoms with Crippen LogP contribution in [-0.4, -0.2) is 28.9 Å². The highest BCUT2D eigenvalue weighted by Crippen LogP contribution is 2.30. The summed E-state index contributed by atoms with van der Waals surface area (Å²) in [5.41, 5.74) is 1.09. The molecule has 20 heavy (non-hydrogen) atoms. The third kappa shape index (κ3) is 3.59. The van der Waals surface area contributed by atoms with Gasteiger partial charge in [-0.25, -0.2) is 0 Å². The molecule has 0 aromatic heterocycles. The number of benzene rings is 1. The summed E-state index contributed by atoms with van der Waals surface area (Å²) < 4.78 is 0. The van der Waals surface area contributed by atoms with Crippen molar-refractivity contribution in [3.63, 3.8) is 0 Å². The fraction of sp³-hybridized carbons (Fsp3) is 0.500. The molecule has 0 radical (unpaired) electrons. The Morgan fingerprint density at radius 1 is 1.20 bits per heavy atom. The van der Waals surface area contributed by atoms with E-state index in [1.807, 2.05) is 30.3 Å². The molecule has 0 spiro atoms. The summed E-state index contributed by atoms with van der Waals surface area (Å²) in [7, 11) is 1.79. The summed E-state index contributed by atoms with van der Waals surface area (Å²) in [5, 5.41) is 9.09. The number of carbonyl (C=O) groups is 2. The summed E-state index contributed by atoms with van der Waals surface area (Å²) in [6.07, 6.45) is 2.81. The van der Waals surface area contributed by atoms with Crippen molar-refractivity contribution >= 4 is 11.9 Å². The molecular formula is C16H21NO3. The van der Waals surface area contributed by atoms with E-state index in [1.54, 1.807) is 11.9 Å². The largest absolute Gasteiger partial charge is 0.481 e. The van der Waals surface area contributed by atoms with Crippen molar-refractivity contribution in [3.8, 4) is 0 Å². The van der Waals surface area contributed by atoms with Crippen LogP contribution in [0.5, 0.6) is 0 Å². The Morgan fingerprint density at radius 2 is 1.85 bits per heavy atom. The number of hydrogen-bond donors (Lipinski definition) is 1. The number of carboxylic acids is 1. The molecule has 0 bridgehead atoms. The van der Waals surface area contributed by atoms with Crippen molar-refractivity contribution in [2.24, 2.45) is 11.8 Å². The van der Waals surface area contributed by atoms with E-state index in [9.17, 15) is 9.59 Å². The van der Waals surface area contributed by atoms with Gasteiger partial charge in [0.1, 0.15) is 0 Å². The Kier molecular flexibility index (Phi) is 4.77. The zero-order valence-electron chi connectivity index (χ0n) is 11.8. The van der Waals surface area contributed by atoms with Crippen LogP contribution in [0, 0.1) is 11.8 Å². The molecule has 108 valence electrons. The molecule has 1 fully saturated rings. The van der Waals surface area contributed by atoms with Crippen LogP contribution in [0.3, 0.4) is 0 Å². The number of rotatable bonds is 4. The van der Waals surface area contributed by atoms with E-state index >= 15 is 0 Å². The van der Waals surface area contributed by atoms with Gasteiger partial charge in [0.15, 0.2) is 0 Å². The van der Waals surface area contributed by atoms with E-state index < -0.39 is 5.97 Å². The highest BCUT2D eigenvalue weighted by atomic mass is 16.4. The van der Waals surface area contributed by atoms with E-state index in [2.05, 4.69) is 0 Å². The lowest BCUT2D eigenvalue weighted by atomic mass is 9.81. The molecule has 0 aliphatic heterocycles. The molecule has 0 saturated heterocycles. The van der Waals surface area contributed by atoms with Crippen molar-refractivity contribution in [1.82, 2.24) is 4.90 Å². The van der Waals surface area contributed by atoms with Crippen molar-refractivity contribution in [1.29, 1.82) is 0 Å². The van der Waals surface area contributed by atoms with Crippen LogP contribution in [0.15, 0.2) is 30.3 Å². The van der Waals surface area contributed by atoms with Gasteiger partial charge in [0, 0.05) is 19.5 Å². The van der Waals surface area contributed by atoms with E-state index in [1.165, 1.54) is 0 Å². The van der Waals surface area contributed by atoms with Crippen molar-refractivity contribution in [2.75, 3.05) is 7.05 Å². The van der Waals surface area contributed by atoms with Crippen LogP contribution in [0.1, 0.15) is 31.2 Å². The van der Waals surface area contributed by atoms with E-state index in [0.717, 1.165) is 18.4 Å². The topological polar surface area (TPSA) is 57.6 Å². The van der Waals surface area contributed by atoms with E-state index in [4.69, 9.17) is 5.11 Å². The van der Waals surface area contributed by atoms with Crippen LogP contribution in [-0.2, 0) is 16.1 Å². The molecule has 1 N–H and O–H groups in total. The van der Waals surface area contributed by atoms with Gasteiger partial charge in [-0.05, 0) is 24.8 Å². The van der Waals surface area contributed by atoms with Gasteiger partial charge in [-0.15, -0.1) is 0 Å². The zero-order valence-corrected chi connectivity index (χ0v) is 11.8. The van der Waals surface area contributed by atoms with Crippen LogP contribution < -0.4 is 0 Å². The first-order valence-corrected chi connectivity index (χ1v) is 7.09. The minimum Gasteiger partial charge on any atom is -0.481 e. The third-order valence-electron chi connectivity index (χ3n) is 4.01. The number of amides is 1. The van der Waals surface area contributed by atoms with Crippen LogP contribution >= 0.6 is 0 Å². The average Bonchev–Trinajstić information content (AvgIpc) is 2.47. The van der Waals surface area contributed by atoms with Crippen LogP contribution in [0.2, 0.25) is 0 Å². The Hall–Kier alpha value is -1.84. The summed E-state index contributed by atoms with van der Waals surface area (Å²) in [6.45, 7) is 0.577. The lowest BCUT2D eigenvalue weighted by molar-refractivity contribution is -0.145. The molecule has 0 heterocycles. The Bertz CT molecular complexity index is 472. The number of carboxylic acid groups (broad SMARTS) is 1. The predicted octanol–water partition coefficient (Wildman–Crippen LogP) is 2.54. The maximum absolute atomic E-state index is 12.4. The molecule has 1 aromatic carbocycles. The first-order chi connectivity index (χ1) is 9.58. The predicted molar refractivity (Wildman–Crippen MR) is 76.0 cm³/mol. The summed E-state index contributed by atoms with van der Waals surface area (Å²) in [5.74, 6) is -1.20. The summed E-state index contributed by atoms with van der Waals surface area (Å²) >= 11 is 0. The molecule has 1 saturated carbocycles. The lowest BCUT2D eigenvalue weighted by Gasteiger charge is -2.29. The molecule has 1 aliphatic carbocycles. The fourth-order valence-corrected chi connectivity index (χ4v) is 2.89. The van der Waals surface area contributed by atoms with Crippen molar-refractivity contribution in [3.05, 3.63) is 35.9 Å². The highest BCUT2D eigenvalue weighted by molar-refractivity contribution is 5.80. The summed E-state index contributed by atoms with van der Waals surface area (Å²) in [6, 6.07) is 9.84. The van der Waals surface area contributed by atoms with Crippen LogP contribution in [0.4, 0.5) is 0 Å². The molecule has 1 aromatic rings. The van der Waals surface area contributed by atoms with Gasteiger partial charge in [-0.1, -0.05) is 36.8 Å². The maximum atomic E-state index is 12.4. The molecule has 4 nitrogen and oxygen atoms in total. The molecule has 2 atom stereocenters. The lowest BCUT2D eigenvalue weighted by Crippen LogP contribution is -2.36. The monoisotopic (exact) mass is 275 g/mol. The van der Waals surface area contributed by atoms with E-state index in [0.29, 0.717) is 19.4 Å². The first-order valence-electron chi connectivity index (χ1n) is 7.09. The number of nitrogens with zero attached hydrogens (tertiary/aromatic N) is 1. The molecule has 0 unspecified atom stereocenters. The van der Waals surface area contributed by atoms with E-state index in [-0.39, 0.29) is 17.7 Å². The molecule has 1 aliphatic rings. The van der Waals surface area contributed by atoms with Crippen molar-refractivity contribution < 1.29 is 14.7 Å². The highest BCUT2D eigenvalue weighted by Gasteiger charge is 2.32. The molecular weight excluding hydrogens is 254 g/mol. The number of hydrogen-bond acceptors (Lipinski definition) is 2. The van der Waals surface area contributed by atoms with Crippen molar-refractivity contribution in [2.45, 2.75) is 32.2 Å². The van der Waals surface area contributed by atoms with Gasteiger partial charge in [0.25, 0.3) is 0 Å². The number of carbonyl (C=O) groups excluding carboxylic acids is 1. The minimum absolute atomic E-state index is 0.0693. The smallest absolute Gasteiger partial charge is 0.306 e. The SMILES string of the molecule is CN(Cc1ccccc1)C(=O)[C@H]1CCC[C@H](C(=O)O)C1. The second kappa shape index (κ2) is 6.55. The Labute approximate surface area is 119 Å². The fourth-order valence-electron chi connectivity index (χ4n) is 2.89. The molecule has 2 rings (SSSR count). The number of aliphatic carboxylic acids is 1. The minimum atomic E-state index is -0.770. The normalized spacial score (nSPS) is 22.2. The first kappa shape index (κ1) is 14.6. The van der Waals surface area contributed by atoms with Gasteiger partial charge >= 0.3 is 5.97 Å². The zero-order chi connectivity index (χ0) is 14.5. The second-order valence-corrected chi connectivity index (χ2v) is 5.58. The van der Waals surface area contributed by atoms with Crippen LogP contribution in [0.25, 0.3) is 0 Å². The molecule has 4 heteroatoms. The maximum Gasteiger partial charge on any atom is 0.306 e. The Morgan fingerprint density at radius 3 is 2.50 bits per heavy atom. The van der Waals surface area contributed by atoms with Gasteiger partial charge in [-0.3, -0.25) is 9.59 Å². The average molecular weight is 275 g/mol.